The van der Waals surface area contributed by atoms with E-state index >= 15 is 0 Å². The lowest BCUT2D eigenvalue weighted by molar-refractivity contribution is 0.657. The molecule has 0 saturated heterocycles. The van der Waals surface area contributed by atoms with Crippen LogP contribution in [0.2, 0.25) is 0 Å². The normalized spacial score (nSPS) is 10.1. The van der Waals surface area contributed by atoms with Crippen molar-refractivity contribution in [1.82, 2.24) is 9.78 Å². The number of nitrogens with two attached hydrogens (primary N) is 1. The largest absolute Gasteiger partial charge is 0.394 e. The molecule has 4 heteroatoms. The van der Waals surface area contributed by atoms with Crippen molar-refractivity contribution in [2.75, 3.05) is 17.6 Å². The quantitative estimate of drug-likeness (QED) is 0.555. The Kier molecular flexibility index (Phi) is 3.56. The van der Waals surface area contributed by atoms with Gasteiger partial charge in [-0.3, -0.25) is 0 Å². The maximum absolute atomic E-state index is 5.89. The molecular weight excluding hydrogens is 176 g/mol. The second-order valence-corrected chi connectivity index (χ2v) is 3.17. The molecule has 1 rings (SSSR count). The summed E-state index contributed by atoms with van der Waals surface area (Å²) in [7, 11) is 0. The van der Waals surface area contributed by atoms with E-state index in [2.05, 4.69) is 17.0 Å². The van der Waals surface area contributed by atoms with Gasteiger partial charge in [-0.15, -0.1) is 6.58 Å². The molecule has 1 aromatic rings. The highest BCUT2D eigenvalue weighted by atomic mass is 15.3. The summed E-state index contributed by atoms with van der Waals surface area (Å²) in [5.74, 6) is 0.923. The molecule has 0 aromatic carbocycles. The van der Waals surface area contributed by atoms with E-state index < -0.39 is 0 Å². The molecule has 0 aliphatic carbocycles. The summed E-state index contributed by atoms with van der Waals surface area (Å²) in [4.78, 5) is 0. The van der Waals surface area contributed by atoms with Crippen LogP contribution in [0.4, 0.5) is 11.5 Å². The highest BCUT2D eigenvalue weighted by molar-refractivity contribution is 5.64. The van der Waals surface area contributed by atoms with E-state index in [4.69, 9.17) is 5.73 Å². The van der Waals surface area contributed by atoms with Crippen LogP contribution in [-0.2, 0) is 6.54 Å². The van der Waals surface area contributed by atoms with Crippen LogP contribution >= 0.6 is 0 Å². The van der Waals surface area contributed by atoms with Crippen LogP contribution in [0.15, 0.2) is 12.7 Å². The van der Waals surface area contributed by atoms with Crippen molar-refractivity contribution in [2.24, 2.45) is 0 Å². The van der Waals surface area contributed by atoms with Crippen LogP contribution in [0.25, 0.3) is 0 Å². The molecular formula is C10H18N4. The van der Waals surface area contributed by atoms with Gasteiger partial charge in [-0.25, -0.2) is 4.68 Å². The number of anilines is 2. The molecule has 1 heterocycles. The van der Waals surface area contributed by atoms with E-state index in [9.17, 15) is 0 Å². The lowest BCUT2D eigenvalue weighted by Crippen LogP contribution is -2.09. The summed E-state index contributed by atoms with van der Waals surface area (Å²) in [6, 6.07) is 0. The van der Waals surface area contributed by atoms with Crippen LogP contribution in [0.1, 0.15) is 19.0 Å². The summed E-state index contributed by atoms with van der Waals surface area (Å²) in [6.45, 7) is 9.31. The summed E-state index contributed by atoms with van der Waals surface area (Å²) in [5.41, 5.74) is 7.52. The van der Waals surface area contributed by atoms with Crippen molar-refractivity contribution >= 4 is 11.5 Å². The Morgan fingerprint density at radius 1 is 1.64 bits per heavy atom. The van der Waals surface area contributed by atoms with Crippen LogP contribution in [-0.4, -0.2) is 16.3 Å². The second kappa shape index (κ2) is 4.69. The minimum absolute atomic E-state index is 0.746. The van der Waals surface area contributed by atoms with Crippen molar-refractivity contribution in [3.8, 4) is 0 Å². The molecule has 0 aliphatic rings. The van der Waals surface area contributed by atoms with E-state index in [0.29, 0.717) is 0 Å². The second-order valence-electron chi connectivity index (χ2n) is 3.17. The van der Waals surface area contributed by atoms with E-state index in [1.165, 1.54) is 0 Å². The van der Waals surface area contributed by atoms with Gasteiger partial charge in [0.15, 0.2) is 0 Å². The van der Waals surface area contributed by atoms with Crippen molar-refractivity contribution in [3.05, 3.63) is 18.3 Å². The van der Waals surface area contributed by atoms with Crippen molar-refractivity contribution in [1.29, 1.82) is 0 Å². The molecule has 14 heavy (non-hydrogen) atoms. The van der Waals surface area contributed by atoms with Gasteiger partial charge in [0, 0.05) is 13.1 Å². The molecule has 0 amide bonds. The lowest BCUT2D eigenvalue weighted by atomic mass is 10.3. The fourth-order valence-corrected chi connectivity index (χ4v) is 1.30. The zero-order chi connectivity index (χ0) is 10.6. The third-order valence-corrected chi connectivity index (χ3v) is 2.11. The van der Waals surface area contributed by atoms with Gasteiger partial charge >= 0.3 is 0 Å². The van der Waals surface area contributed by atoms with Gasteiger partial charge in [-0.05, 0) is 20.3 Å². The van der Waals surface area contributed by atoms with Gasteiger partial charge < -0.3 is 11.1 Å². The maximum Gasteiger partial charge on any atom is 0.148 e. The van der Waals surface area contributed by atoms with Crippen LogP contribution in [0.3, 0.4) is 0 Å². The first-order valence-electron chi connectivity index (χ1n) is 4.88. The number of hydrogen-bond acceptors (Lipinski definition) is 3. The number of aryl methyl sites for hydroxylation is 2. The third kappa shape index (κ3) is 2.07. The van der Waals surface area contributed by atoms with Crippen molar-refractivity contribution in [3.63, 3.8) is 0 Å². The molecule has 0 aliphatic heterocycles. The van der Waals surface area contributed by atoms with Crippen LogP contribution in [0, 0.1) is 6.92 Å². The highest BCUT2D eigenvalue weighted by Crippen LogP contribution is 2.21. The van der Waals surface area contributed by atoms with Crippen molar-refractivity contribution < 1.29 is 0 Å². The molecule has 78 valence electrons. The zero-order valence-electron chi connectivity index (χ0n) is 8.88. The number of nitrogen functional groups attached to an aromatic ring is 1. The summed E-state index contributed by atoms with van der Waals surface area (Å²) < 4.78 is 1.88. The minimum Gasteiger partial charge on any atom is -0.394 e. The Morgan fingerprint density at radius 3 is 2.93 bits per heavy atom. The number of rotatable bonds is 5. The molecule has 0 saturated carbocycles. The summed E-state index contributed by atoms with van der Waals surface area (Å²) in [5, 5.41) is 7.57. The fraction of sp³-hybridized carbons (Fsp3) is 0.500. The van der Waals surface area contributed by atoms with Gasteiger partial charge in [0.2, 0.25) is 0 Å². The average molecular weight is 194 g/mol. The third-order valence-electron chi connectivity index (χ3n) is 2.11. The van der Waals surface area contributed by atoms with E-state index in [1.54, 1.807) is 0 Å². The van der Waals surface area contributed by atoms with Gasteiger partial charge in [0.05, 0.1) is 11.4 Å². The maximum atomic E-state index is 5.89. The first-order valence-corrected chi connectivity index (χ1v) is 4.88. The summed E-state index contributed by atoms with van der Waals surface area (Å²) >= 11 is 0. The molecule has 0 atom stereocenters. The van der Waals surface area contributed by atoms with Gasteiger partial charge in [0.25, 0.3) is 0 Å². The average Bonchev–Trinajstić information content (AvgIpc) is 2.45. The Labute approximate surface area is 84.8 Å². The molecule has 0 spiro atoms. The standard InChI is InChI=1S/C10H18N4/c1-4-6-7-12-10-9(11)8(3)13-14(10)5-2/h4,12H,1,5-7,11H2,2-3H3. The first-order chi connectivity index (χ1) is 6.70. The Hall–Kier alpha value is -1.45. The van der Waals surface area contributed by atoms with E-state index in [-0.39, 0.29) is 0 Å². The number of nitrogens with one attached hydrogen (secondary N) is 1. The SMILES string of the molecule is C=CCCNc1c(N)c(C)nn1CC. The van der Waals surface area contributed by atoms with Crippen molar-refractivity contribution in [2.45, 2.75) is 26.8 Å². The smallest absolute Gasteiger partial charge is 0.148 e. The Morgan fingerprint density at radius 2 is 2.36 bits per heavy atom. The minimum atomic E-state index is 0.746. The molecule has 0 unspecified atom stereocenters. The van der Waals surface area contributed by atoms with Gasteiger partial charge in [-0.1, -0.05) is 6.08 Å². The Bertz CT molecular complexity index is 314. The molecule has 4 nitrogen and oxygen atoms in total. The topological polar surface area (TPSA) is 55.9 Å². The molecule has 0 radical (unpaired) electrons. The first kappa shape index (κ1) is 10.6. The van der Waals surface area contributed by atoms with Gasteiger partial charge in [-0.2, -0.15) is 5.10 Å². The number of aromatic nitrogens is 2. The number of nitrogens with zero attached hydrogens (tertiary/aromatic N) is 2. The Balaban J connectivity index is 2.77. The monoisotopic (exact) mass is 194 g/mol. The zero-order valence-corrected chi connectivity index (χ0v) is 8.88. The molecule has 0 fully saturated rings. The van der Waals surface area contributed by atoms with E-state index in [1.807, 2.05) is 24.6 Å². The predicted molar refractivity (Wildman–Crippen MR) is 60.4 cm³/mol. The van der Waals surface area contributed by atoms with Crippen LogP contribution < -0.4 is 11.1 Å². The number of hydrogen-bond donors (Lipinski definition) is 2. The fourth-order valence-electron chi connectivity index (χ4n) is 1.30. The lowest BCUT2D eigenvalue weighted by Gasteiger charge is -2.07. The molecule has 3 N–H and O–H groups in total. The van der Waals surface area contributed by atoms with E-state index in [0.717, 1.165) is 36.7 Å². The predicted octanol–water partition coefficient (Wildman–Crippen LogP) is 1.78. The van der Waals surface area contributed by atoms with Crippen LogP contribution in [0.5, 0.6) is 0 Å². The van der Waals surface area contributed by atoms with Gasteiger partial charge in [0.1, 0.15) is 5.82 Å². The molecule has 0 bridgehead atoms. The molecule has 1 aromatic heterocycles. The summed E-state index contributed by atoms with van der Waals surface area (Å²) in [6.07, 6.45) is 2.80. The highest BCUT2D eigenvalue weighted by Gasteiger charge is 2.09.